The molecule has 1 unspecified atom stereocenters. The van der Waals surface area contributed by atoms with Crippen molar-refractivity contribution in [2.45, 2.75) is 91.2 Å². The molecule has 0 radical (unpaired) electrons. The number of aromatic amines is 1. The summed E-state index contributed by atoms with van der Waals surface area (Å²) < 4.78 is 49.2. The number of hydrogen-bond donors (Lipinski definition) is 1. The van der Waals surface area contributed by atoms with E-state index in [0.29, 0.717) is 19.4 Å². The molecule has 1 N–H and O–H groups in total. The van der Waals surface area contributed by atoms with Crippen molar-refractivity contribution >= 4 is 23.0 Å². The number of halogens is 3. The van der Waals surface area contributed by atoms with E-state index in [9.17, 15) is 22.8 Å². The van der Waals surface area contributed by atoms with Crippen molar-refractivity contribution in [3.05, 3.63) is 70.3 Å². The second-order valence-electron chi connectivity index (χ2n) is 13.5. The number of pyridine rings is 1. The fraction of sp³-hybridized carbons (Fsp3) is 0.471. The molecule has 2 aliphatic rings. The third-order valence-electron chi connectivity index (χ3n) is 8.76. The van der Waals surface area contributed by atoms with Gasteiger partial charge in [-0.3, -0.25) is 9.48 Å². The van der Waals surface area contributed by atoms with Crippen LogP contribution in [0.15, 0.2) is 36.8 Å². The van der Waals surface area contributed by atoms with E-state index in [4.69, 9.17) is 4.74 Å². The van der Waals surface area contributed by atoms with Crippen LogP contribution in [0.1, 0.15) is 97.8 Å². The zero-order valence-corrected chi connectivity index (χ0v) is 27.0. The summed E-state index contributed by atoms with van der Waals surface area (Å²) in [4.78, 5) is 38.1. The third kappa shape index (κ3) is 5.85. The third-order valence-corrected chi connectivity index (χ3v) is 8.76. The molecule has 2 aliphatic heterocycles. The van der Waals surface area contributed by atoms with Crippen LogP contribution in [-0.2, 0) is 23.9 Å². The van der Waals surface area contributed by atoms with Crippen LogP contribution in [-0.4, -0.2) is 60.2 Å². The van der Waals surface area contributed by atoms with E-state index in [0.717, 1.165) is 61.7 Å². The summed E-state index contributed by atoms with van der Waals surface area (Å²) in [6.45, 7) is 11.6. The Morgan fingerprint density at radius 3 is 2.52 bits per heavy atom. The van der Waals surface area contributed by atoms with Gasteiger partial charge in [0.05, 0.1) is 17.8 Å². The van der Waals surface area contributed by atoms with Gasteiger partial charge in [-0.25, -0.2) is 9.78 Å². The first-order valence-electron chi connectivity index (χ1n) is 15.7. The van der Waals surface area contributed by atoms with Gasteiger partial charge in [-0.2, -0.15) is 18.3 Å². The number of aryl methyl sites for hydroxylation is 1. The number of aromatic nitrogens is 4. The number of fused-ring (bicyclic) bond motifs is 2. The number of alkyl halides is 3. The molecule has 3 aromatic heterocycles. The molecule has 5 heterocycles. The second-order valence-corrected chi connectivity index (χ2v) is 13.5. The molecule has 0 saturated carbocycles. The number of benzene rings is 1. The zero-order valence-electron chi connectivity index (χ0n) is 27.0. The summed E-state index contributed by atoms with van der Waals surface area (Å²) in [7, 11) is 0. The molecule has 1 atom stereocenters. The van der Waals surface area contributed by atoms with Gasteiger partial charge in [0.2, 0.25) is 0 Å². The van der Waals surface area contributed by atoms with Gasteiger partial charge < -0.3 is 19.5 Å². The molecule has 1 saturated heterocycles. The molecule has 2 amide bonds. The van der Waals surface area contributed by atoms with Crippen molar-refractivity contribution in [1.29, 1.82) is 0 Å². The maximum atomic E-state index is 14.2. The topological polar surface area (TPSA) is 96.3 Å². The van der Waals surface area contributed by atoms with Gasteiger partial charge in [-0.05, 0) is 101 Å². The molecule has 0 bridgehead atoms. The lowest BCUT2D eigenvalue weighted by atomic mass is 9.86. The molecule has 12 heteroatoms. The molecule has 6 rings (SSSR count). The molecule has 9 nitrogen and oxygen atoms in total. The van der Waals surface area contributed by atoms with Gasteiger partial charge >= 0.3 is 12.3 Å². The Morgan fingerprint density at radius 2 is 1.83 bits per heavy atom. The highest BCUT2D eigenvalue weighted by Crippen LogP contribution is 2.41. The first kappa shape index (κ1) is 31.6. The summed E-state index contributed by atoms with van der Waals surface area (Å²) in [5.41, 5.74) is 4.24. The lowest BCUT2D eigenvalue weighted by Gasteiger charge is -2.35. The summed E-state index contributed by atoms with van der Waals surface area (Å²) in [5, 5.41) is 4.94. The second kappa shape index (κ2) is 11.5. The molecule has 46 heavy (non-hydrogen) atoms. The minimum atomic E-state index is -4.75. The van der Waals surface area contributed by atoms with E-state index in [2.05, 4.69) is 27.2 Å². The van der Waals surface area contributed by atoms with Crippen molar-refractivity contribution < 1.29 is 27.5 Å². The van der Waals surface area contributed by atoms with Crippen LogP contribution in [0.2, 0.25) is 0 Å². The minimum absolute atomic E-state index is 0.112. The number of H-pyrrole nitrogens is 1. The minimum Gasteiger partial charge on any atom is -0.444 e. The van der Waals surface area contributed by atoms with Crippen LogP contribution >= 0.6 is 0 Å². The molecule has 0 spiro atoms. The average molecular weight is 637 g/mol. The summed E-state index contributed by atoms with van der Waals surface area (Å²) in [5.74, 6) is -0.715. The Kier molecular flexibility index (Phi) is 7.88. The molecule has 1 aromatic carbocycles. The highest BCUT2D eigenvalue weighted by Gasteiger charge is 2.42. The lowest BCUT2D eigenvalue weighted by Crippen LogP contribution is -2.39. The van der Waals surface area contributed by atoms with Gasteiger partial charge in [-0.1, -0.05) is 6.07 Å². The summed E-state index contributed by atoms with van der Waals surface area (Å²) >= 11 is 0. The SMILES string of the molecule is Cc1c[nH]c2ncc(-c3cc4c(c(C5CCCN5C(=O)OC(C)(C)C)c3)CN(C(=O)c3cnn(C(C)C)c3C(F)(F)F)CC4)cc12. The number of carbonyl (C=O) groups is 2. The average Bonchev–Trinajstić information content (AvgIpc) is 3.73. The van der Waals surface area contributed by atoms with Crippen LogP contribution in [0.25, 0.3) is 22.2 Å². The van der Waals surface area contributed by atoms with Gasteiger partial charge in [0.15, 0.2) is 5.69 Å². The van der Waals surface area contributed by atoms with E-state index < -0.39 is 41.1 Å². The Hall–Kier alpha value is -4.35. The van der Waals surface area contributed by atoms with Crippen molar-refractivity contribution in [3.8, 4) is 11.1 Å². The molecular weight excluding hydrogens is 597 g/mol. The van der Waals surface area contributed by atoms with Crippen LogP contribution in [0.5, 0.6) is 0 Å². The fourth-order valence-corrected chi connectivity index (χ4v) is 6.62. The van der Waals surface area contributed by atoms with Crippen LogP contribution in [0, 0.1) is 6.92 Å². The Balaban J connectivity index is 1.43. The maximum absolute atomic E-state index is 14.2. The first-order chi connectivity index (χ1) is 21.6. The number of rotatable bonds is 4. The van der Waals surface area contributed by atoms with E-state index >= 15 is 0 Å². The number of likely N-dealkylation sites (tertiary alicyclic amines) is 1. The van der Waals surface area contributed by atoms with Gasteiger partial charge in [0.25, 0.3) is 5.91 Å². The van der Waals surface area contributed by atoms with Crippen molar-refractivity contribution in [2.75, 3.05) is 13.1 Å². The standard InChI is InChI=1S/C34H39F3N6O3/c1-19(2)43-29(34(35,36)37)26(17-40-43)31(44)41-11-9-21-12-22(23-14-24-20(3)15-38-30(24)39-16-23)13-25(27(21)18-41)28-8-7-10-42(28)32(45)46-33(4,5)6/h12-17,19,28H,7-11,18H2,1-6H3,(H,38,39). The summed E-state index contributed by atoms with van der Waals surface area (Å²) in [6.07, 6.45) is 1.49. The van der Waals surface area contributed by atoms with E-state index in [-0.39, 0.29) is 19.1 Å². The summed E-state index contributed by atoms with van der Waals surface area (Å²) in [6, 6.07) is 5.32. The first-order valence-corrected chi connectivity index (χ1v) is 15.7. The predicted octanol–water partition coefficient (Wildman–Crippen LogP) is 7.61. The number of nitrogens with zero attached hydrogens (tertiary/aromatic N) is 5. The molecular formula is C34H39F3N6O3. The van der Waals surface area contributed by atoms with Gasteiger partial charge in [-0.15, -0.1) is 0 Å². The Morgan fingerprint density at radius 1 is 1.07 bits per heavy atom. The number of nitrogens with one attached hydrogen (secondary N) is 1. The normalized spacial score (nSPS) is 17.2. The number of ether oxygens (including phenoxy) is 1. The molecule has 244 valence electrons. The van der Waals surface area contributed by atoms with E-state index in [1.54, 1.807) is 18.7 Å². The van der Waals surface area contributed by atoms with Crippen molar-refractivity contribution in [3.63, 3.8) is 0 Å². The van der Waals surface area contributed by atoms with E-state index in [1.807, 2.05) is 46.2 Å². The highest BCUT2D eigenvalue weighted by molar-refractivity contribution is 5.95. The zero-order chi connectivity index (χ0) is 33.1. The largest absolute Gasteiger partial charge is 0.444 e. The fourth-order valence-electron chi connectivity index (χ4n) is 6.62. The quantitative estimate of drug-likeness (QED) is 0.249. The molecule has 1 fully saturated rings. The Labute approximate surface area is 265 Å². The highest BCUT2D eigenvalue weighted by atomic mass is 19.4. The molecule has 4 aromatic rings. The number of carbonyl (C=O) groups excluding carboxylic acids is 2. The van der Waals surface area contributed by atoms with Crippen LogP contribution in [0.4, 0.5) is 18.0 Å². The van der Waals surface area contributed by atoms with E-state index in [1.165, 1.54) is 4.90 Å². The Bertz CT molecular complexity index is 1820. The number of hydrogen-bond acceptors (Lipinski definition) is 5. The lowest BCUT2D eigenvalue weighted by molar-refractivity contribution is -0.145. The van der Waals surface area contributed by atoms with Gasteiger partial charge in [0, 0.05) is 49.0 Å². The predicted molar refractivity (Wildman–Crippen MR) is 167 cm³/mol. The molecule has 0 aliphatic carbocycles. The van der Waals surface area contributed by atoms with Crippen molar-refractivity contribution in [1.82, 2.24) is 29.5 Å². The van der Waals surface area contributed by atoms with Crippen molar-refractivity contribution in [2.24, 2.45) is 0 Å². The maximum Gasteiger partial charge on any atom is 0.433 e. The van der Waals surface area contributed by atoms with Crippen LogP contribution in [0.3, 0.4) is 0 Å². The van der Waals surface area contributed by atoms with Crippen LogP contribution < -0.4 is 0 Å². The van der Waals surface area contributed by atoms with Gasteiger partial charge in [0.1, 0.15) is 11.2 Å². The monoisotopic (exact) mass is 636 g/mol. The number of amides is 2. The smallest absolute Gasteiger partial charge is 0.433 e.